The molecule has 170 valence electrons. The second kappa shape index (κ2) is 9.53. The van der Waals surface area contributed by atoms with Crippen molar-refractivity contribution in [3.05, 3.63) is 70.2 Å². The van der Waals surface area contributed by atoms with Gasteiger partial charge in [0.2, 0.25) is 5.91 Å². The molecule has 4 rings (SSSR count). The van der Waals surface area contributed by atoms with Crippen LogP contribution in [0.15, 0.2) is 53.7 Å². The predicted octanol–water partition coefficient (Wildman–Crippen LogP) is 6.07. The third-order valence-electron chi connectivity index (χ3n) is 6.01. The lowest BCUT2D eigenvalue weighted by Crippen LogP contribution is -2.40. The molecule has 1 unspecified atom stereocenters. The molecule has 8 heteroatoms. The van der Waals surface area contributed by atoms with E-state index in [0.717, 1.165) is 49.1 Å². The highest BCUT2D eigenvalue weighted by molar-refractivity contribution is 6.34. The SMILES string of the molecule is O=C(C1CCCC1)N(Cc1ccc(C(F)(F)F)cc1)CC1CC(c2ccccc2Cl)=NO1. The first-order valence-corrected chi connectivity index (χ1v) is 11.1. The van der Waals surface area contributed by atoms with Crippen molar-refractivity contribution in [1.29, 1.82) is 0 Å². The number of carbonyl (C=O) groups is 1. The lowest BCUT2D eigenvalue weighted by atomic mass is 10.0. The first-order chi connectivity index (χ1) is 15.3. The Bertz CT molecular complexity index is 985. The fraction of sp³-hybridized carbons (Fsp3) is 0.417. The highest BCUT2D eigenvalue weighted by Crippen LogP contribution is 2.31. The van der Waals surface area contributed by atoms with Gasteiger partial charge in [0, 0.05) is 29.5 Å². The van der Waals surface area contributed by atoms with Gasteiger partial charge in [-0.15, -0.1) is 0 Å². The Kier molecular flexibility index (Phi) is 6.74. The van der Waals surface area contributed by atoms with Crippen LogP contribution >= 0.6 is 11.6 Å². The van der Waals surface area contributed by atoms with Crippen LogP contribution in [0.2, 0.25) is 5.02 Å². The maximum atomic E-state index is 13.2. The minimum absolute atomic E-state index is 0.0252. The number of oxime groups is 1. The second-order valence-corrected chi connectivity index (χ2v) is 8.75. The lowest BCUT2D eigenvalue weighted by molar-refractivity contribution is -0.138. The Hall–Kier alpha value is -2.54. The van der Waals surface area contributed by atoms with Crippen molar-refractivity contribution in [2.75, 3.05) is 6.54 Å². The summed E-state index contributed by atoms with van der Waals surface area (Å²) >= 11 is 6.27. The number of halogens is 4. The van der Waals surface area contributed by atoms with Gasteiger partial charge in [0.1, 0.15) is 0 Å². The average molecular weight is 465 g/mol. The van der Waals surface area contributed by atoms with Gasteiger partial charge in [-0.05, 0) is 36.6 Å². The maximum Gasteiger partial charge on any atom is 0.416 e. The molecule has 2 aliphatic rings. The second-order valence-electron chi connectivity index (χ2n) is 8.34. The molecule has 32 heavy (non-hydrogen) atoms. The fourth-order valence-corrected chi connectivity index (χ4v) is 4.55. The van der Waals surface area contributed by atoms with Gasteiger partial charge >= 0.3 is 6.18 Å². The molecule has 4 nitrogen and oxygen atoms in total. The zero-order chi connectivity index (χ0) is 22.7. The minimum Gasteiger partial charge on any atom is -0.390 e. The molecule has 1 aliphatic carbocycles. The van der Waals surface area contributed by atoms with Crippen LogP contribution < -0.4 is 0 Å². The van der Waals surface area contributed by atoms with Gasteiger partial charge < -0.3 is 9.74 Å². The van der Waals surface area contributed by atoms with Crippen LogP contribution in [0.3, 0.4) is 0 Å². The van der Waals surface area contributed by atoms with Gasteiger partial charge in [-0.25, -0.2) is 0 Å². The summed E-state index contributed by atoms with van der Waals surface area (Å²) in [6, 6.07) is 12.3. The Morgan fingerprint density at radius 1 is 1.09 bits per heavy atom. The van der Waals surface area contributed by atoms with Crippen molar-refractivity contribution in [1.82, 2.24) is 4.90 Å². The van der Waals surface area contributed by atoms with Gasteiger partial charge in [-0.2, -0.15) is 13.2 Å². The Labute approximate surface area is 190 Å². The summed E-state index contributed by atoms with van der Waals surface area (Å²) in [5.74, 6) is -0.0213. The van der Waals surface area contributed by atoms with Crippen LogP contribution in [0.4, 0.5) is 13.2 Å². The molecule has 1 amide bonds. The topological polar surface area (TPSA) is 41.9 Å². The standard InChI is InChI=1S/C24H24ClF3N2O2/c25-21-8-4-3-7-20(21)22-13-19(32-29-22)15-30(23(31)17-5-1-2-6-17)14-16-9-11-18(12-10-16)24(26,27)28/h3-4,7-12,17,19H,1-2,5-6,13-15H2. The number of benzene rings is 2. The number of hydrogen-bond donors (Lipinski definition) is 0. The minimum atomic E-state index is -4.39. The number of hydrogen-bond acceptors (Lipinski definition) is 3. The van der Waals surface area contributed by atoms with Crippen LogP contribution in [0, 0.1) is 5.92 Å². The van der Waals surface area contributed by atoms with E-state index in [1.807, 2.05) is 18.2 Å². The van der Waals surface area contributed by atoms with E-state index < -0.39 is 11.7 Å². The van der Waals surface area contributed by atoms with Crippen molar-refractivity contribution in [3.63, 3.8) is 0 Å². The van der Waals surface area contributed by atoms with Crippen LogP contribution in [0.1, 0.15) is 48.8 Å². The molecule has 0 spiro atoms. The molecule has 0 saturated heterocycles. The molecule has 0 bridgehead atoms. The quantitative estimate of drug-likeness (QED) is 0.520. The number of amides is 1. The van der Waals surface area contributed by atoms with E-state index in [0.29, 0.717) is 23.6 Å². The molecule has 0 aromatic heterocycles. The summed E-state index contributed by atoms with van der Waals surface area (Å²) in [7, 11) is 0. The van der Waals surface area contributed by atoms with Crippen molar-refractivity contribution in [2.24, 2.45) is 11.1 Å². The normalized spacial score (nSPS) is 19.0. The molecule has 1 fully saturated rings. The number of carbonyl (C=O) groups excluding carboxylic acids is 1. The van der Waals surface area contributed by atoms with Crippen molar-refractivity contribution in [2.45, 2.75) is 50.9 Å². The van der Waals surface area contributed by atoms with E-state index in [1.54, 1.807) is 11.0 Å². The summed E-state index contributed by atoms with van der Waals surface area (Å²) in [4.78, 5) is 20.5. The molecular formula is C24H24ClF3N2O2. The first-order valence-electron chi connectivity index (χ1n) is 10.7. The fourth-order valence-electron chi connectivity index (χ4n) is 4.31. The summed E-state index contributed by atoms with van der Waals surface area (Å²) in [5, 5.41) is 4.76. The number of rotatable bonds is 6. The Balaban J connectivity index is 1.47. The number of alkyl halides is 3. The largest absolute Gasteiger partial charge is 0.416 e. The molecule has 0 N–H and O–H groups in total. The van der Waals surface area contributed by atoms with E-state index in [4.69, 9.17) is 16.4 Å². The molecule has 0 radical (unpaired) electrons. The van der Waals surface area contributed by atoms with E-state index in [2.05, 4.69) is 5.16 Å². The van der Waals surface area contributed by atoms with Crippen molar-refractivity contribution in [3.8, 4) is 0 Å². The van der Waals surface area contributed by atoms with E-state index >= 15 is 0 Å². The monoisotopic (exact) mass is 464 g/mol. The molecular weight excluding hydrogens is 441 g/mol. The van der Waals surface area contributed by atoms with E-state index in [9.17, 15) is 18.0 Å². The lowest BCUT2D eigenvalue weighted by Gasteiger charge is -2.27. The zero-order valence-corrected chi connectivity index (χ0v) is 18.2. The average Bonchev–Trinajstić information content (AvgIpc) is 3.45. The van der Waals surface area contributed by atoms with Gasteiger partial charge in [-0.3, -0.25) is 4.79 Å². The van der Waals surface area contributed by atoms with Crippen LogP contribution in [-0.2, 0) is 22.4 Å². The molecule has 1 saturated carbocycles. The van der Waals surface area contributed by atoms with Crippen LogP contribution in [0.5, 0.6) is 0 Å². The summed E-state index contributed by atoms with van der Waals surface area (Å²) < 4.78 is 38.7. The molecule has 1 aliphatic heterocycles. The summed E-state index contributed by atoms with van der Waals surface area (Å²) in [6.45, 7) is 0.544. The molecule has 1 atom stereocenters. The van der Waals surface area contributed by atoms with E-state index in [1.165, 1.54) is 12.1 Å². The smallest absolute Gasteiger partial charge is 0.390 e. The van der Waals surface area contributed by atoms with Crippen LogP contribution in [-0.4, -0.2) is 29.2 Å². The van der Waals surface area contributed by atoms with Crippen molar-refractivity contribution >= 4 is 23.2 Å². The predicted molar refractivity (Wildman–Crippen MR) is 116 cm³/mol. The number of nitrogens with zero attached hydrogens (tertiary/aromatic N) is 2. The highest BCUT2D eigenvalue weighted by Gasteiger charge is 2.33. The highest BCUT2D eigenvalue weighted by atomic mass is 35.5. The third-order valence-corrected chi connectivity index (χ3v) is 6.34. The van der Waals surface area contributed by atoms with Gasteiger partial charge in [0.15, 0.2) is 6.10 Å². The molecule has 2 aromatic carbocycles. The van der Waals surface area contributed by atoms with E-state index in [-0.39, 0.29) is 24.5 Å². The Morgan fingerprint density at radius 2 is 1.78 bits per heavy atom. The zero-order valence-electron chi connectivity index (χ0n) is 17.4. The molecule has 1 heterocycles. The van der Waals surface area contributed by atoms with Gasteiger partial charge in [0.05, 0.1) is 17.8 Å². The molecule has 2 aromatic rings. The van der Waals surface area contributed by atoms with Gasteiger partial charge in [0.25, 0.3) is 0 Å². The summed E-state index contributed by atoms with van der Waals surface area (Å²) in [6.07, 6.45) is -0.493. The summed E-state index contributed by atoms with van der Waals surface area (Å²) in [5.41, 5.74) is 1.47. The van der Waals surface area contributed by atoms with Gasteiger partial charge in [-0.1, -0.05) is 59.9 Å². The van der Waals surface area contributed by atoms with Crippen molar-refractivity contribution < 1.29 is 22.8 Å². The third kappa shape index (κ3) is 5.26. The Morgan fingerprint density at radius 3 is 2.44 bits per heavy atom. The maximum absolute atomic E-state index is 13.2. The van der Waals surface area contributed by atoms with Crippen LogP contribution in [0.25, 0.3) is 0 Å². The first kappa shape index (κ1) is 22.6.